The van der Waals surface area contributed by atoms with Crippen molar-refractivity contribution in [2.45, 2.75) is 6.92 Å². The third kappa shape index (κ3) is 1.58. The van der Waals surface area contributed by atoms with E-state index in [1.165, 1.54) is 11.6 Å². The first-order valence-corrected chi connectivity index (χ1v) is 5.96. The molecule has 0 aliphatic rings. The second kappa shape index (κ2) is 3.78. The maximum atomic E-state index is 12.1. The van der Waals surface area contributed by atoms with Gasteiger partial charge in [0.25, 0.3) is 5.56 Å². The molecule has 2 aromatic heterocycles. The molecular formula is C14H13N3O2. The summed E-state index contributed by atoms with van der Waals surface area (Å²) in [5.41, 5.74) is 1.63. The average molecular weight is 255 g/mol. The highest BCUT2D eigenvalue weighted by molar-refractivity contribution is 5.91. The van der Waals surface area contributed by atoms with Crippen molar-refractivity contribution in [3.8, 4) is 0 Å². The van der Waals surface area contributed by atoms with Gasteiger partial charge in [0.05, 0.1) is 10.9 Å². The molecule has 0 N–H and O–H groups in total. The fraction of sp³-hybridized carbons (Fsp3) is 0.214. The van der Waals surface area contributed by atoms with Gasteiger partial charge in [0.1, 0.15) is 5.65 Å². The van der Waals surface area contributed by atoms with Gasteiger partial charge < -0.3 is 0 Å². The number of hydrogen-bond donors (Lipinski definition) is 0. The highest BCUT2D eigenvalue weighted by Gasteiger charge is 2.10. The molecule has 0 atom stereocenters. The molecule has 0 fully saturated rings. The minimum absolute atomic E-state index is 0.311. The minimum atomic E-state index is -0.364. The van der Waals surface area contributed by atoms with Crippen molar-refractivity contribution in [2.75, 3.05) is 0 Å². The molecule has 0 saturated carbocycles. The van der Waals surface area contributed by atoms with Crippen LogP contribution in [0.2, 0.25) is 0 Å². The summed E-state index contributed by atoms with van der Waals surface area (Å²) in [5, 5.41) is 1.37. The van der Waals surface area contributed by atoms with Crippen LogP contribution in [0.5, 0.6) is 0 Å². The number of pyridine rings is 1. The fourth-order valence-corrected chi connectivity index (χ4v) is 2.28. The van der Waals surface area contributed by atoms with E-state index in [9.17, 15) is 9.59 Å². The van der Waals surface area contributed by atoms with Crippen molar-refractivity contribution in [2.24, 2.45) is 14.1 Å². The highest BCUT2D eigenvalue weighted by Crippen LogP contribution is 2.17. The van der Waals surface area contributed by atoms with Crippen LogP contribution in [0.4, 0.5) is 0 Å². The lowest BCUT2D eigenvalue weighted by Crippen LogP contribution is -2.37. The Bertz CT molecular complexity index is 935. The van der Waals surface area contributed by atoms with Gasteiger partial charge in [-0.1, -0.05) is 11.6 Å². The van der Waals surface area contributed by atoms with E-state index in [0.29, 0.717) is 11.0 Å². The Morgan fingerprint density at radius 1 is 1.05 bits per heavy atom. The highest BCUT2D eigenvalue weighted by atomic mass is 16.2. The van der Waals surface area contributed by atoms with Crippen molar-refractivity contribution >= 4 is 21.9 Å². The monoisotopic (exact) mass is 255 g/mol. The van der Waals surface area contributed by atoms with E-state index in [2.05, 4.69) is 4.98 Å². The van der Waals surface area contributed by atoms with Crippen molar-refractivity contribution in [3.63, 3.8) is 0 Å². The number of hydrogen-bond acceptors (Lipinski definition) is 3. The zero-order chi connectivity index (χ0) is 13.7. The average Bonchev–Trinajstić information content (AvgIpc) is 2.41. The molecule has 0 bridgehead atoms. The van der Waals surface area contributed by atoms with Crippen LogP contribution in [0.25, 0.3) is 21.9 Å². The number of aryl methyl sites for hydroxylation is 2. The van der Waals surface area contributed by atoms with Crippen molar-refractivity contribution in [1.29, 1.82) is 0 Å². The van der Waals surface area contributed by atoms with Gasteiger partial charge in [-0.2, -0.15) is 0 Å². The lowest BCUT2D eigenvalue weighted by molar-refractivity contribution is 0.708. The van der Waals surface area contributed by atoms with Gasteiger partial charge in [-0.3, -0.25) is 13.9 Å². The smallest absolute Gasteiger partial charge is 0.280 e. The first kappa shape index (κ1) is 11.6. The summed E-state index contributed by atoms with van der Waals surface area (Å²) >= 11 is 0. The van der Waals surface area contributed by atoms with Gasteiger partial charge in [-0.05, 0) is 25.1 Å². The molecule has 5 nitrogen and oxygen atoms in total. The van der Waals surface area contributed by atoms with E-state index in [1.54, 1.807) is 13.1 Å². The molecule has 0 unspecified atom stereocenters. The third-order valence-corrected chi connectivity index (χ3v) is 3.38. The van der Waals surface area contributed by atoms with Crippen LogP contribution in [0.15, 0.2) is 33.9 Å². The normalized spacial score (nSPS) is 11.3. The molecular weight excluding hydrogens is 242 g/mol. The van der Waals surface area contributed by atoms with Gasteiger partial charge in [0.2, 0.25) is 0 Å². The van der Waals surface area contributed by atoms with E-state index >= 15 is 0 Å². The summed E-state index contributed by atoms with van der Waals surface area (Å²) in [7, 11) is 3.10. The van der Waals surface area contributed by atoms with Crippen LogP contribution in [0, 0.1) is 6.92 Å². The van der Waals surface area contributed by atoms with E-state index in [-0.39, 0.29) is 11.2 Å². The van der Waals surface area contributed by atoms with Crippen molar-refractivity contribution < 1.29 is 0 Å². The summed E-state index contributed by atoms with van der Waals surface area (Å²) < 4.78 is 2.50. The van der Waals surface area contributed by atoms with Crippen LogP contribution < -0.4 is 11.2 Å². The van der Waals surface area contributed by atoms with Gasteiger partial charge in [0.15, 0.2) is 0 Å². The topological polar surface area (TPSA) is 56.9 Å². The molecule has 5 heteroatoms. The summed E-state index contributed by atoms with van der Waals surface area (Å²) in [4.78, 5) is 28.4. The van der Waals surface area contributed by atoms with Crippen molar-refractivity contribution in [3.05, 3.63) is 50.7 Å². The van der Waals surface area contributed by atoms with E-state index < -0.39 is 0 Å². The Kier molecular flexibility index (Phi) is 2.32. The second-order valence-corrected chi connectivity index (χ2v) is 4.76. The first-order chi connectivity index (χ1) is 8.99. The Labute approximate surface area is 108 Å². The predicted molar refractivity (Wildman–Crippen MR) is 74.5 cm³/mol. The maximum Gasteiger partial charge on any atom is 0.332 e. The molecule has 96 valence electrons. The lowest BCUT2D eigenvalue weighted by atomic mass is 10.1. The van der Waals surface area contributed by atoms with Crippen LogP contribution in [0.1, 0.15) is 5.56 Å². The summed E-state index contributed by atoms with van der Waals surface area (Å²) in [6.07, 6.45) is 0. The molecule has 0 aliphatic heterocycles. The Morgan fingerprint density at radius 3 is 2.53 bits per heavy atom. The minimum Gasteiger partial charge on any atom is -0.280 e. The van der Waals surface area contributed by atoms with Crippen molar-refractivity contribution in [1.82, 2.24) is 14.1 Å². The standard InChI is InChI=1S/C14H13N3O2/c1-8-4-5-11-9(6-8)7-10-12(15-11)16(2)14(19)17(3)13(10)18/h4-7H,1-3H3. The molecule has 0 radical (unpaired) electrons. The predicted octanol–water partition coefficient (Wildman–Crippen LogP) is 1.09. The first-order valence-electron chi connectivity index (χ1n) is 5.96. The van der Waals surface area contributed by atoms with Crippen LogP contribution in [-0.4, -0.2) is 14.1 Å². The van der Waals surface area contributed by atoms with Gasteiger partial charge in [-0.15, -0.1) is 0 Å². The number of benzene rings is 1. The van der Waals surface area contributed by atoms with E-state index in [0.717, 1.165) is 21.0 Å². The van der Waals surface area contributed by atoms with Crippen LogP contribution in [-0.2, 0) is 14.1 Å². The fourth-order valence-electron chi connectivity index (χ4n) is 2.28. The van der Waals surface area contributed by atoms with Gasteiger partial charge >= 0.3 is 5.69 Å². The number of nitrogens with zero attached hydrogens (tertiary/aromatic N) is 3. The third-order valence-electron chi connectivity index (χ3n) is 3.38. The molecule has 0 amide bonds. The van der Waals surface area contributed by atoms with Gasteiger partial charge in [-0.25, -0.2) is 9.78 Å². The second-order valence-electron chi connectivity index (χ2n) is 4.76. The molecule has 2 heterocycles. The quantitative estimate of drug-likeness (QED) is 0.565. The molecule has 19 heavy (non-hydrogen) atoms. The maximum absolute atomic E-state index is 12.1. The Morgan fingerprint density at radius 2 is 1.79 bits per heavy atom. The largest absolute Gasteiger partial charge is 0.332 e. The number of rotatable bonds is 0. The van der Waals surface area contributed by atoms with Crippen LogP contribution >= 0.6 is 0 Å². The van der Waals surface area contributed by atoms with E-state index in [4.69, 9.17) is 0 Å². The molecule has 3 rings (SSSR count). The summed E-state index contributed by atoms with van der Waals surface area (Å²) in [6, 6.07) is 7.63. The summed E-state index contributed by atoms with van der Waals surface area (Å²) in [6.45, 7) is 1.99. The molecule has 3 aromatic rings. The number of aromatic nitrogens is 3. The SMILES string of the molecule is Cc1ccc2nc3c(cc2c1)c(=O)n(C)c(=O)n3C. The Balaban J connectivity index is 2.63. The van der Waals surface area contributed by atoms with E-state index in [1.807, 2.05) is 25.1 Å². The van der Waals surface area contributed by atoms with Crippen LogP contribution in [0.3, 0.4) is 0 Å². The zero-order valence-corrected chi connectivity index (χ0v) is 11.0. The summed E-state index contributed by atoms with van der Waals surface area (Å²) in [5.74, 6) is 0. The molecule has 1 aromatic carbocycles. The Hall–Kier alpha value is -2.43. The van der Waals surface area contributed by atoms with Gasteiger partial charge in [0, 0.05) is 19.5 Å². The lowest BCUT2D eigenvalue weighted by Gasteiger charge is -2.08. The molecule has 0 saturated heterocycles. The molecule has 0 aliphatic carbocycles. The number of fused-ring (bicyclic) bond motifs is 2. The zero-order valence-electron chi connectivity index (χ0n) is 11.0. The molecule has 0 spiro atoms.